The van der Waals surface area contributed by atoms with Crippen LogP contribution in [0.4, 0.5) is 5.82 Å². The first-order chi connectivity index (χ1) is 10.6. The van der Waals surface area contributed by atoms with Gasteiger partial charge in [-0.2, -0.15) is 4.68 Å². The number of carbonyl (C=O) groups excluding carboxylic acids is 1. The number of nitrogen functional groups attached to an aromatic ring is 1. The van der Waals surface area contributed by atoms with Crippen LogP contribution in [0.1, 0.15) is 20.9 Å². The highest BCUT2D eigenvalue weighted by Crippen LogP contribution is 2.16. The highest BCUT2D eigenvalue weighted by molar-refractivity contribution is 7.09. The van der Waals surface area contributed by atoms with E-state index in [2.05, 4.69) is 15.6 Å². The minimum absolute atomic E-state index is 0.137. The summed E-state index contributed by atoms with van der Waals surface area (Å²) in [7, 11) is 0. The molecule has 0 atom stereocenters. The van der Waals surface area contributed by atoms with E-state index in [4.69, 9.17) is 5.73 Å². The maximum absolute atomic E-state index is 12.2. The van der Waals surface area contributed by atoms with Crippen molar-refractivity contribution in [3.8, 4) is 5.69 Å². The van der Waals surface area contributed by atoms with E-state index in [1.54, 1.807) is 11.3 Å². The zero-order valence-electron chi connectivity index (χ0n) is 12.0. The van der Waals surface area contributed by atoms with Gasteiger partial charge in [-0.3, -0.25) is 4.79 Å². The molecule has 7 heteroatoms. The number of amides is 1. The quantitative estimate of drug-likeness (QED) is 0.773. The number of nitrogens with zero attached hydrogens (tertiary/aromatic N) is 3. The van der Waals surface area contributed by atoms with Gasteiger partial charge < -0.3 is 11.1 Å². The molecule has 112 valence electrons. The number of aromatic nitrogens is 3. The Balaban J connectivity index is 1.79. The molecular formula is C15H15N5OS. The van der Waals surface area contributed by atoms with Crippen LogP contribution in [0, 0.1) is 6.92 Å². The molecule has 0 aliphatic carbocycles. The fourth-order valence-electron chi connectivity index (χ4n) is 2.07. The normalized spacial score (nSPS) is 10.6. The van der Waals surface area contributed by atoms with E-state index in [0.717, 1.165) is 16.1 Å². The van der Waals surface area contributed by atoms with E-state index in [9.17, 15) is 4.79 Å². The van der Waals surface area contributed by atoms with Crippen LogP contribution in [0.25, 0.3) is 5.69 Å². The lowest BCUT2D eigenvalue weighted by Crippen LogP contribution is -2.23. The molecule has 0 aliphatic heterocycles. The van der Waals surface area contributed by atoms with Gasteiger partial charge in [-0.15, -0.1) is 16.4 Å². The average Bonchev–Trinajstić information content (AvgIpc) is 3.14. The summed E-state index contributed by atoms with van der Waals surface area (Å²) in [6, 6.07) is 11.6. The molecule has 0 radical (unpaired) electrons. The lowest BCUT2D eigenvalue weighted by molar-refractivity contribution is 0.0947. The average molecular weight is 313 g/mol. The number of benzene rings is 1. The van der Waals surface area contributed by atoms with Gasteiger partial charge in [0.1, 0.15) is 0 Å². The molecule has 3 rings (SSSR count). The molecule has 0 fully saturated rings. The van der Waals surface area contributed by atoms with E-state index in [1.807, 2.05) is 48.7 Å². The molecule has 0 bridgehead atoms. The van der Waals surface area contributed by atoms with Crippen LogP contribution in [-0.2, 0) is 6.54 Å². The van der Waals surface area contributed by atoms with Crippen molar-refractivity contribution in [2.45, 2.75) is 13.5 Å². The monoisotopic (exact) mass is 313 g/mol. The van der Waals surface area contributed by atoms with Crippen molar-refractivity contribution < 1.29 is 4.79 Å². The Morgan fingerprint density at radius 3 is 2.95 bits per heavy atom. The first-order valence-corrected chi connectivity index (χ1v) is 7.62. The molecule has 1 amide bonds. The molecular weight excluding hydrogens is 298 g/mol. The number of hydrogen-bond donors (Lipinski definition) is 2. The van der Waals surface area contributed by atoms with Gasteiger partial charge in [0, 0.05) is 4.88 Å². The van der Waals surface area contributed by atoms with E-state index >= 15 is 0 Å². The SMILES string of the molecule is Cc1cccc(-n2nnc(C(=O)NCc3cccs3)c2N)c1. The highest BCUT2D eigenvalue weighted by atomic mass is 32.1. The fourth-order valence-corrected chi connectivity index (χ4v) is 2.71. The number of hydrogen-bond acceptors (Lipinski definition) is 5. The summed E-state index contributed by atoms with van der Waals surface area (Å²) in [5.41, 5.74) is 8.01. The molecule has 2 heterocycles. The number of aryl methyl sites for hydroxylation is 1. The predicted octanol–water partition coefficient (Wildman–Crippen LogP) is 2.15. The lowest BCUT2D eigenvalue weighted by Gasteiger charge is -2.05. The number of rotatable bonds is 4. The van der Waals surface area contributed by atoms with Gasteiger partial charge in [-0.1, -0.05) is 23.4 Å². The summed E-state index contributed by atoms with van der Waals surface area (Å²) in [6.45, 7) is 2.43. The van der Waals surface area contributed by atoms with Gasteiger partial charge in [0.05, 0.1) is 12.2 Å². The molecule has 3 N–H and O–H groups in total. The predicted molar refractivity (Wildman–Crippen MR) is 86.0 cm³/mol. The molecule has 0 saturated heterocycles. The van der Waals surface area contributed by atoms with Crippen molar-refractivity contribution in [3.63, 3.8) is 0 Å². The van der Waals surface area contributed by atoms with E-state index in [0.29, 0.717) is 6.54 Å². The Morgan fingerprint density at radius 1 is 1.36 bits per heavy atom. The molecule has 0 saturated carbocycles. The zero-order chi connectivity index (χ0) is 15.5. The van der Waals surface area contributed by atoms with Crippen LogP contribution in [0.15, 0.2) is 41.8 Å². The first-order valence-electron chi connectivity index (χ1n) is 6.74. The largest absolute Gasteiger partial charge is 0.382 e. The Labute approximate surface area is 131 Å². The smallest absolute Gasteiger partial charge is 0.276 e. The Morgan fingerprint density at radius 2 is 2.23 bits per heavy atom. The second-order valence-electron chi connectivity index (χ2n) is 4.84. The molecule has 0 spiro atoms. The third-order valence-electron chi connectivity index (χ3n) is 3.17. The third-order valence-corrected chi connectivity index (χ3v) is 4.05. The minimum Gasteiger partial charge on any atom is -0.382 e. The topological polar surface area (TPSA) is 85.8 Å². The number of nitrogens with two attached hydrogens (primary N) is 1. The van der Waals surface area contributed by atoms with Crippen molar-refractivity contribution in [3.05, 3.63) is 57.9 Å². The maximum atomic E-state index is 12.2. The molecule has 3 aromatic rings. The molecule has 0 unspecified atom stereocenters. The fraction of sp³-hybridized carbons (Fsp3) is 0.133. The molecule has 1 aromatic carbocycles. The van der Waals surface area contributed by atoms with Crippen LogP contribution in [0.2, 0.25) is 0 Å². The van der Waals surface area contributed by atoms with Crippen molar-refractivity contribution in [2.75, 3.05) is 5.73 Å². The van der Waals surface area contributed by atoms with Gasteiger partial charge >= 0.3 is 0 Å². The van der Waals surface area contributed by atoms with Gasteiger partial charge in [0.15, 0.2) is 11.5 Å². The molecule has 22 heavy (non-hydrogen) atoms. The Hall–Kier alpha value is -2.67. The number of carbonyl (C=O) groups is 1. The summed E-state index contributed by atoms with van der Waals surface area (Å²) in [5, 5.41) is 12.6. The van der Waals surface area contributed by atoms with Gasteiger partial charge in [-0.05, 0) is 36.1 Å². The lowest BCUT2D eigenvalue weighted by atomic mass is 10.2. The van der Waals surface area contributed by atoms with Crippen molar-refractivity contribution in [1.29, 1.82) is 0 Å². The van der Waals surface area contributed by atoms with Gasteiger partial charge in [-0.25, -0.2) is 0 Å². The second kappa shape index (κ2) is 5.98. The highest BCUT2D eigenvalue weighted by Gasteiger charge is 2.18. The van der Waals surface area contributed by atoms with Crippen LogP contribution in [0.5, 0.6) is 0 Å². The number of nitrogens with one attached hydrogen (secondary N) is 1. The third kappa shape index (κ3) is 2.84. The standard InChI is InChI=1S/C15H15N5OS/c1-10-4-2-5-11(8-10)20-14(16)13(18-19-20)15(21)17-9-12-6-3-7-22-12/h2-8H,9,16H2,1H3,(H,17,21). The Kier molecular flexibility index (Phi) is 3.88. The van der Waals surface area contributed by atoms with E-state index in [1.165, 1.54) is 4.68 Å². The van der Waals surface area contributed by atoms with Gasteiger partial charge in [0.25, 0.3) is 5.91 Å². The van der Waals surface area contributed by atoms with Crippen LogP contribution >= 0.6 is 11.3 Å². The number of anilines is 1. The van der Waals surface area contributed by atoms with E-state index < -0.39 is 0 Å². The molecule has 0 aliphatic rings. The molecule has 6 nitrogen and oxygen atoms in total. The summed E-state index contributed by atoms with van der Waals surface area (Å²) in [5.74, 6) is -0.0981. The maximum Gasteiger partial charge on any atom is 0.276 e. The first kappa shape index (κ1) is 14.3. The number of thiophene rings is 1. The van der Waals surface area contributed by atoms with Crippen LogP contribution in [0.3, 0.4) is 0 Å². The minimum atomic E-state index is -0.329. The zero-order valence-corrected chi connectivity index (χ0v) is 12.8. The second-order valence-corrected chi connectivity index (χ2v) is 5.87. The Bertz CT molecular complexity index is 794. The van der Waals surface area contributed by atoms with Crippen LogP contribution < -0.4 is 11.1 Å². The van der Waals surface area contributed by atoms with Crippen molar-refractivity contribution >= 4 is 23.1 Å². The summed E-state index contributed by atoms with van der Waals surface area (Å²) >= 11 is 1.58. The molecule has 2 aromatic heterocycles. The van der Waals surface area contributed by atoms with Crippen molar-refractivity contribution in [1.82, 2.24) is 20.3 Å². The summed E-state index contributed by atoms with van der Waals surface area (Å²) in [4.78, 5) is 13.2. The van der Waals surface area contributed by atoms with Crippen LogP contribution in [-0.4, -0.2) is 20.9 Å². The van der Waals surface area contributed by atoms with E-state index in [-0.39, 0.29) is 17.4 Å². The van der Waals surface area contributed by atoms with Crippen molar-refractivity contribution in [2.24, 2.45) is 0 Å². The summed E-state index contributed by atoms with van der Waals surface area (Å²) in [6.07, 6.45) is 0. The van der Waals surface area contributed by atoms with Gasteiger partial charge in [0.2, 0.25) is 0 Å². The summed E-state index contributed by atoms with van der Waals surface area (Å²) < 4.78 is 1.47.